The van der Waals surface area contributed by atoms with E-state index in [4.69, 9.17) is 42.8 Å². The van der Waals surface area contributed by atoms with Gasteiger partial charge in [0.25, 0.3) is 5.91 Å². The number of nitrogens with zero attached hydrogens (tertiary/aromatic N) is 1. The number of carbonyl (C=O) groups is 1. The van der Waals surface area contributed by atoms with Gasteiger partial charge in [-0.05, 0) is 42.1 Å². The number of carbonyl (C=O) groups excluding carboxylic acids is 1. The van der Waals surface area contributed by atoms with E-state index in [0.29, 0.717) is 43.4 Å². The number of anilines is 1. The number of benzene rings is 2. The summed E-state index contributed by atoms with van der Waals surface area (Å²) in [7, 11) is 1.49. The normalized spacial score (nSPS) is 17.1. The van der Waals surface area contributed by atoms with E-state index in [1.165, 1.54) is 12.0 Å². The molecular weight excluding hydrogens is 411 g/mol. The Labute approximate surface area is 169 Å². The van der Waals surface area contributed by atoms with Crippen LogP contribution in [-0.2, 0) is 4.79 Å². The Morgan fingerprint density at radius 3 is 2.78 bits per heavy atom. The molecule has 27 heavy (non-hydrogen) atoms. The standard InChI is InChI=1S/C18H12Cl2N2O4S/c1-24-16-9(4-10(19)6-12(16)20)5-15-17(23)22(18(21)27-15)11-2-3-13-14(7-11)26-8-25-13/h2-7,21H,8H2,1H3/b15-5-,21-18?. The van der Waals surface area contributed by atoms with Gasteiger partial charge in [-0.2, -0.15) is 0 Å². The fraction of sp³-hybridized carbons (Fsp3) is 0.111. The van der Waals surface area contributed by atoms with Crippen LogP contribution in [0.3, 0.4) is 0 Å². The second-order valence-corrected chi connectivity index (χ2v) is 7.48. The lowest BCUT2D eigenvalue weighted by atomic mass is 10.1. The molecule has 0 aromatic heterocycles. The lowest BCUT2D eigenvalue weighted by Crippen LogP contribution is -2.28. The number of rotatable bonds is 3. The molecule has 1 N–H and O–H groups in total. The maximum atomic E-state index is 12.9. The van der Waals surface area contributed by atoms with Crippen molar-refractivity contribution in [2.24, 2.45) is 0 Å². The lowest BCUT2D eigenvalue weighted by molar-refractivity contribution is -0.113. The molecule has 4 rings (SSSR count). The van der Waals surface area contributed by atoms with E-state index in [9.17, 15) is 4.79 Å². The maximum Gasteiger partial charge on any atom is 0.271 e. The van der Waals surface area contributed by atoms with Gasteiger partial charge in [0.2, 0.25) is 6.79 Å². The van der Waals surface area contributed by atoms with Crippen molar-refractivity contribution < 1.29 is 19.0 Å². The monoisotopic (exact) mass is 422 g/mol. The molecule has 0 aliphatic carbocycles. The molecule has 0 spiro atoms. The number of ether oxygens (including phenoxy) is 3. The van der Waals surface area contributed by atoms with Gasteiger partial charge >= 0.3 is 0 Å². The van der Waals surface area contributed by atoms with Gasteiger partial charge in [-0.1, -0.05) is 23.2 Å². The zero-order valence-corrected chi connectivity index (χ0v) is 16.2. The number of halogens is 2. The quantitative estimate of drug-likeness (QED) is 0.719. The topological polar surface area (TPSA) is 71.8 Å². The zero-order valence-electron chi connectivity index (χ0n) is 13.9. The number of hydrogen-bond acceptors (Lipinski definition) is 6. The van der Waals surface area contributed by atoms with E-state index in [1.807, 2.05) is 0 Å². The fourth-order valence-corrected chi connectivity index (χ4v) is 4.23. The first-order valence-corrected chi connectivity index (χ1v) is 9.30. The van der Waals surface area contributed by atoms with Gasteiger partial charge in [-0.3, -0.25) is 15.1 Å². The van der Waals surface area contributed by atoms with Gasteiger partial charge in [0, 0.05) is 16.7 Å². The molecule has 0 atom stereocenters. The molecule has 2 aromatic rings. The molecule has 9 heteroatoms. The van der Waals surface area contributed by atoms with Crippen molar-refractivity contribution in [3.05, 3.63) is 50.8 Å². The van der Waals surface area contributed by atoms with Crippen molar-refractivity contribution in [1.82, 2.24) is 0 Å². The predicted molar refractivity (Wildman–Crippen MR) is 106 cm³/mol. The molecule has 0 bridgehead atoms. The Kier molecular flexibility index (Phi) is 4.67. The summed E-state index contributed by atoms with van der Waals surface area (Å²) in [5.41, 5.74) is 1.09. The van der Waals surface area contributed by atoms with Crippen LogP contribution in [0.2, 0.25) is 10.0 Å². The van der Waals surface area contributed by atoms with Crippen LogP contribution in [0, 0.1) is 5.41 Å². The first-order valence-electron chi connectivity index (χ1n) is 7.73. The van der Waals surface area contributed by atoms with Gasteiger partial charge in [0.1, 0.15) is 5.75 Å². The van der Waals surface area contributed by atoms with Gasteiger partial charge in [0.15, 0.2) is 16.7 Å². The van der Waals surface area contributed by atoms with Crippen LogP contribution in [0.25, 0.3) is 6.08 Å². The van der Waals surface area contributed by atoms with Gasteiger partial charge < -0.3 is 14.2 Å². The highest BCUT2D eigenvalue weighted by Gasteiger charge is 2.34. The van der Waals surface area contributed by atoms with Crippen molar-refractivity contribution >= 4 is 57.8 Å². The molecular formula is C18H12Cl2N2O4S. The largest absolute Gasteiger partial charge is 0.495 e. The predicted octanol–water partition coefficient (Wildman–Crippen LogP) is 4.79. The number of nitrogens with one attached hydrogen (secondary N) is 1. The average molecular weight is 423 g/mol. The van der Waals surface area contributed by atoms with Gasteiger partial charge in [-0.15, -0.1) is 0 Å². The smallest absolute Gasteiger partial charge is 0.271 e. The summed E-state index contributed by atoms with van der Waals surface area (Å²) in [4.78, 5) is 14.6. The van der Waals surface area contributed by atoms with E-state index >= 15 is 0 Å². The third kappa shape index (κ3) is 3.22. The third-order valence-electron chi connectivity index (χ3n) is 3.97. The molecule has 1 fully saturated rings. The number of thioether (sulfide) groups is 1. The molecule has 2 aromatic carbocycles. The summed E-state index contributed by atoms with van der Waals surface area (Å²) in [6.45, 7) is 0.138. The molecule has 2 aliphatic heterocycles. The number of amides is 1. The minimum Gasteiger partial charge on any atom is -0.495 e. The van der Waals surface area contributed by atoms with E-state index in [2.05, 4.69) is 0 Å². The Balaban J connectivity index is 1.71. The Morgan fingerprint density at radius 2 is 2.00 bits per heavy atom. The first kappa shape index (κ1) is 18.0. The van der Waals surface area contributed by atoms with Crippen molar-refractivity contribution in [2.75, 3.05) is 18.8 Å². The summed E-state index contributed by atoms with van der Waals surface area (Å²) < 4.78 is 15.9. The molecule has 0 radical (unpaired) electrons. The number of hydrogen-bond donors (Lipinski definition) is 1. The SMILES string of the molecule is COc1c(Cl)cc(Cl)cc1/C=C1\SC(=N)N(c2ccc3c(c2)OCO3)C1=O. The molecule has 1 saturated heterocycles. The minimum atomic E-state index is -0.331. The molecule has 1 amide bonds. The summed E-state index contributed by atoms with van der Waals surface area (Å²) >= 11 is 13.3. The highest BCUT2D eigenvalue weighted by molar-refractivity contribution is 8.19. The van der Waals surface area contributed by atoms with E-state index < -0.39 is 0 Å². The number of methoxy groups -OCH3 is 1. The second kappa shape index (κ2) is 6.99. The second-order valence-electron chi connectivity index (χ2n) is 5.60. The molecule has 0 saturated carbocycles. The van der Waals surface area contributed by atoms with Crippen molar-refractivity contribution in [3.63, 3.8) is 0 Å². The third-order valence-corrected chi connectivity index (χ3v) is 5.35. The highest BCUT2D eigenvalue weighted by atomic mass is 35.5. The zero-order chi connectivity index (χ0) is 19.1. The number of fused-ring (bicyclic) bond motifs is 1. The van der Waals surface area contributed by atoms with Crippen LogP contribution in [0.15, 0.2) is 35.2 Å². The molecule has 2 aliphatic rings. The lowest BCUT2D eigenvalue weighted by Gasteiger charge is -2.14. The molecule has 2 heterocycles. The van der Waals surface area contributed by atoms with Gasteiger partial charge in [-0.25, -0.2) is 0 Å². The highest BCUT2D eigenvalue weighted by Crippen LogP contribution is 2.41. The number of amidine groups is 1. The van der Waals surface area contributed by atoms with Crippen molar-refractivity contribution in [1.29, 1.82) is 5.41 Å². The molecule has 138 valence electrons. The summed E-state index contributed by atoms with van der Waals surface area (Å²) in [5, 5.41) is 9.07. The summed E-state index contributed by atoms with van der Waals surface area (Å²) in [6, 6.07) is 8.31. The van der Waals surface area contributed by atoms with Crippen LogP contribution < -0.4 is 19.1 Å². The van der Waals surface area contributed by atoms with Crippen LogP contribution in [0.1, 0.15) is 5.56 Å². The van der Waals surface area contributed by atoms with E-state index in [0.717, 1.165) is 11.8 Å². The summed E-state index contributed by atoms with van der Waals surface area (Å²) in [5.74, 6) is 1.23. The fourth-order valence-electron chi connectivity index (χ4n) is 2.79. The molecule has 6 nitrogen and oxygen atoms in total. The van der Waals surface area contributed by atoms with Crippen molar-refractivity contribution in [3.8, 4) is 17.2 Å². The Morgan fingerprint density at radius 1 is 1.22 bits per heavy atom. The average Bonchev–Trinajstić information content (AvgIpc) is 3.18. The van der Waals surface area contributed by atoms with Crippen LogP contribution in [-0.4, -0.2) is 25.0 Å². The van der Waals surface area contributed by atoms with E-state index in [-0.39, 0.29) is 17.9 Å². The summed E-state index contributed by atoms with van der Waals surface area (Å²) in [6.07, 6.45) is 1.62. The maximum absolute atomic E-state index is 12.9. The minimum absolute atomic E-state index is 0.0807. The Bertz CT molecular complexity index is 1010. The van der Waals surface area contributed by atoms with E-state index in [1.54, 1.807) is 36.4 Å². The van der Waals surface area contributed by atoms with Crippen LogP contribution in [0.4, 0.5) is 5.69 Å². The van der Waals surface area contributed by atoms with Crippen molar-refractivity contribution in [2.45, 2.75) is 0 Å². The van der Waals surface area contributed by atoms with Crippen LogP contribution >= 0.6 is 35.0 Å². The molecule has 0 unspecified atom stereocenters. The Hall–Kier alpha value is -2.35. The first-order chi connectivity index (χ1) is 13.0. The van der Waals surface area contributed by atoms with Crippen LogP contribution in [0.5, 0.6) is 17.2 Å². The van der Waals surface area contributed by atoms with Gasteiger partial charge in [0.05, 0.1) is 22.7 Å².